The van der Waals surface area contributed by atoms with E-state index in [0.717, 1.165) is 6.42 Å². The number of ketones is 1. The Labute approximate surface area is 75.4 Å². The molecule has 1 nitrogen and oxygen atoms in total. The summed E-state index contributed by atoms with van der Waals surface area (Å²) in [6, 6.07) is 0. The van der Waals surface area contributed by atoms with E-state index in [-0.39, 0.29) is 28.4 Å². The maximum atomic E-state index is 11.3. The highest BCUT2D eigenvalue weighted by Crippen LogP contribution is 2.39. The highest BCUT2D eigenvalue weighted by atomic mass is 35.5. The molecule has 1 unspecified atom stereocenters. The number of halogens is 2. The smallest absolute Gasteiger partial charge is 0.169 e. The predicted molar refractivity (Wildman–Crippen MR) is 45.0 cm³/mol. The van der Waals surface area contributed by atoms with Crippen molar-refractivity contribution in [3.8, 4) is 0 Å². The molecule has 0 heterocycles. The van der Waals surface area contributed by atoms with E-state index in [1.165, 1.54) is 0 Å². The van der Waals surface area contributed by atoms with E-state index in [2.05, 4.69) is 0 Å². The normalized spacial score (nSPS) is 48.4. The van der Waals surface area contributed by atoms with Gasteiger partial charge in [0.1, 0.15) is 0 Å². The van der Waals surface area contributed by atoms with Crippen LogP contribution in [-0.2, 0) is 4.79 Å². The Morgan fingerprint density at radius 3 is 2.09 bits per heavy atom. The summed E-state index contributed by atoms with van der Waals surface area (Å²) in [5.74, 6) is 0.480. The van der Waals surface area contributed by atoms with Crippen molar-refractivity contribution in [2.75, 3.05) is 0 Å². The first kappa shape index (κ1) is 7.63. The summed E-state index contributed by atoms with van der Waals surface area (Å²) in [6.07, 6.45) is 4.99. The second kappa shape index (κ2) is 2.49. The molecule has 0 saturated heterocycles. The summed E-state index contributed by atoms with van der Waals surface area (Å²) in [6.45, 7) is 0. The molecular formula is C8H8Cl2O. The molecule has 0 amide bonds. The van der Waals surface area contributed by atoms with Crippen LogP contribution in [0, 0.1) is 11.8 Å². The molecule has 2 bridgehead atoms. The van der Waals surface area contributed by atoms with Gasteiger partial charge in [0.05, 0.1) is 10.8 Å². The molecule has 1 fully saturated rings. The topological polar surface area (TPSA) is 17.1 Å². The molecule has 0 aromatic carbocycles. The zero-order valence-corrected chi connectivity index (χ0v) is 7.35. The molecule has 0 aromatic rings. The van der Waals surface area contributed by atoms with Gasteiger partial charge in [-0.2, -0.15) is 0 Å². The number of rotatable bonds is 0. The molecule has 2 aliphatic rings. The molecule has 3 heteroatoms. The molecule has 0 N–H and O–H groups in total. The van der Waals surface area contributed by atoms with Gasteiger partial charge in [0.25, 0.3) is 0 Å². The first-order valence-electron chi connectivity index (χ1n) is 3.70. The third kappa shape index (κ3) is 1.02. The van der Waals surface area contributed by atoms with Crippen LogP contribution >= 0.6 is 23.2 Å². The van der Waals surface area contributed by atoms with Crippen molar-refractivity contribution < 1.29 is 4.79 Å². The van der Waals surface area contributed by atoms with Gasteiger partial charge in [-0.05, 0) is 6.42 Å². The summed E-state index contributed by atoms with van der Waals surface area (Å²) < 4.78 is 0. The molecule has 2 rings (SSSR count). The Morgan fingerprint density at radius 1 is 1.18 bits per heavy atom. The molecule has 0 aliphatic heterocycles. The molecule has 4 atom stereocenters. The Morgan fingerprint density at radius 2 is 1.64 bits per heavy atom. The standard InChI is InChI=1S/C8H8Cl2O/c9-6-4-1-2-5(3-4)7(10)8(6)11/h1-2,4-7H,3H2/t4-,5?,6+,7-/m1/s1. The highest BCUT2D eigenvalue weighted by Gasteiger charge is 2.42. The van der Waals surface area contributed by atoms with E-state index in [1.54, 1.807) is 0 Å². The molecule has 0 spiro atoms. The van der Waals surface area contributed by atoms with Crippen LogP contribution in [0.3, 0.4) is 0 Å². The third-order valence-corrected chi connectivity index (χ3v) is 3.52. The Kier molecular flexibility index (Phi) is 1.73. The summed E-state index contributed by atoms with van der Waals surface area (Å²) in [5, 5.41) is -0.764. The van der Waals surface area contributed by atoms with Crippen LogP contribution in [0.2, 0.25) is 0 Å². The summed E-state index contributed by atoms with van der Waals surface area (Å²) in [7, 11) is 0. The van der Waals surface area contributed by atoms with Crippen LogP contribution in [0.15, 0.2) is 12.2 Å². The lowest BCUT2D eigenvalue weighted by Crippen LogP contribution is -2.38. The zero-order valence-electron chi connectivity index (χ0n) is 5.84. The molecule has 0 aromatic heterocycles. The van der Waals surface area contributed by atoms with E-state index in [1.807, 2.05) is 12.2 Å². The second-order valence-electron chi connectivity index (χ2n) is 3.15. The number of carbonyl (C=O) groups excluding carboxylic acids is 1. The minimum Gasteiger partial charge on any atom is -0.296 e. The van der Waals surface area contributed by atoms with Crippen molar-refractivity contribution in [2.45, 2.75) is 17.2 Å². The van der Waals surface area contributed by atoms with Gasteiger partial charge < -0.3 is 0 Å². The summed E-state index contributed by atoms with van der Waals surface area (Å²) in [5.41, 5.74) is 0. The van der Waals surface area contributed by atoms with Crippen molar-refractivity contribution >= 4 is 29.0 Å². The van der Waals surface area contributed by atoms with Gasteiger partial charge in [-0.1, -0.05) is 12.2 Å². The summed E-state index contributed by atoms with van der Waals surface area (Å²) >= 11 is 11.7. The number of Topliss-reactive ketones (excluding diaryl/α,β-unsaturated/α-hetero) is 1. The molecule has 1 saturated carbocycles. The predicted octanol–water partition coefficient (Wildman–Crippen LogP) is 1.98. The second-order valence-corrected chi connectivity index (χ2v) is 4.09. The van der Waals surface area contributed by atoms with Gasteiger partial charge in [0, 0.05) is 11.8 Å². The van der Waals surface area contributed by atoms with Gasteiger partial charge in [-0.3, -0.25) is 4.79 Å². The zero-order chi connectivity index (χ0) is 8.01. The van der Waals surface area contributed by atoms with E-state index in [9.17, 15) is 4.79 Å². The van der Waals surface area contributed by atoms with Crippen molar-refractivity contribution in [3.05, 3.63) is 12.2 Å². The van der Waals surface area contributed by atoms with E-state index in [0.29, 0.717) is 0 Å². The van der Waals surface area contributed by atoms with Crippen molar-refractivity contribution in [1.29, 1.82) is 0 Å². The monoisotopic (exact) mass is 190 g/mol. The Hall–Kier alpha value is -0.0100. The molecule has 0 radical (unpaired) electrons. The van der Waals surface area contributed by atoms with E-state index < -0.39 is 0 Å². The Balaban J connectivity index is 2.29. The number of fused-ring (bicyclic) bond motifs is 2. The van der Waals surface area contributed by atoms with Gasteiger partial charge in [0.15, 0.2) is 5.78 Å². The average molecular weight is 191 g/mol. The maximum Gasteiger partial charge on any atom is 0.169 e. The van der Waals surface area contributed by atoms with Gasteiger partial charge in [0.2, 0.25) is 0 Å². The number of carbonyl (C=O) groups is 1. The Bertz CT molecular complexity index is 204. The minimum atomic E-state index is -0.382. The number of alkyl halides is 2. The molecule has 60 valence electrons. The van der Waals surface area contributed by atoms with Crippen molar-refractivity contribution in [3.63, 3.8) is 0 Å². The highest BCUT2D eigenvalue weighted by molar-refractivity contribution is 6.41. The maximum absolute atomic E-state index is 11.3. The number of hydrogen-bond donors (Lipinski definition) is 0. The quantitative estimate of drug-likeness (QED) is 0.422. The van der Waals surface area contributed by atoms with Crippen LogP contribution in [0.5, 0.6) is 0 Å². The fourth-order valence-corrected chi connectivity index (χ4v) is 2.47. The van der Waals surface area contributed by atoms with Crippen molar-refractivity contribution in [2.24, 2.45) is 11.8 Å². The third-order valence-electron chi connectivity index (χ3n) is 2.45. The van der Waals surface area contributed by atoms with Crippen LogP contribution in [0.25, 0.3) is 0 Å². The van der Waals surface area contributed by atoms with Crippen LogP contribution in [0.1, 0.15) is 6.42 Å². The lowest BCUT2D eigenvalue weighted by atomic mass is 9.86. The summed E-state index contributed by atoms with van der Waals surface area (Å²) in [4.78, 5) is 11.3. The first-order valence-corrected chi connectivity index (χ1v) is 4.57. The lowest BCUT2D eigenvalue weighted by molar-refractivity contribution is -0.120. The van der Waals surface area contributed by atoms with E-state index >= 15 is 0 Å². The minimum absolute atomic E-state index is 0.000386. The van der Waals surface area contributed by atoms with Crippen LogP contribution in [-0.4, -0.2) is 16.5 Å². The number of hydrogen-bond acceptors (Lipinski definition) is 1. The molecule has 2 aliphatic carbocycles. The van der Waals surface area contributed by atoms with Gasteiger partial charge in [-0.15, -0.1) is 23.2 Å². The SMILES string of the molecule is O=C1[C@@H](Cl)[C@@H]2C=CC(C2)[C@H]1Cl. The van der Waals surface area contributed by atoms with Crippen LogP contribution in [0.4, 0.5) is 0 Å². The van der Waals surface area contributed by atoms with Crippen LogP contribution < -0.4 is 0 Å². The van der Waals surface area contributed by atoms with E-state index in [4.69, 9.17) is 23.2 Å². The number of allylic oxidation sites excluding steroid dienone is 2. The lowest BCUT2D eigenvalue weighted by Gasteiger charge is -2.26. The van der Waals surface area contributed by atoms with Gasteiger partial charge >= 0.3 is 0 Å². The fraction of sp³-hybridized carbons (Fsp3) is 0.625. The average Bonchev–Trinajstić information content (AvgIpc) is 2.44. The fourth-order valence-electron chi connectivity index (χ4n) is 1.76. The largest absolute Gasteiger partial charge is 0.296 e. The molecule has 11 heavy (non-hydrogen) atoms. The molecular weight excluding hydrogens is 183 g/mol. The first-order chi connectivity index (χ1) is 5.20. The van der Waals surface area contributed by atoms with Gasteiger partial charge in [-0.25, -0.2) is 0 Å². The van der Waals surface area contributed by atoms with Crippen molar-refractivity contribution in [1.82, 2.24) is 0 Å².